The van der Waals surface area contributed by atoms with Crippen molar-refractivity contribution in [1.29, 1.82) is 0 Å². The van der Waals surface area contributed by atoms with Crippen LogP contribution in [0.5, 0.6) is 0 Å². The van der Waals surface area contributed by atoms with Crippen molar-refractivity contribution in [1.82, 2.24) is 5.32 Å². The lowest BCUT2D eigenvalue weighted by molar-refractivity contribution is -0.294. The number of carbonyl (C=O) groups is 1. The zero-order chi connectivity index (χ0) is 16.1. The van der Waals surface area contributed by atoms with E-state index in [1.807, 2.05) is 0 Å². The van der Waals surface area contributed by atoms with Gasteiger partial charge < -0.3 is 15.2 Å². The molecule has 0 aliphatic carbocycles. The van der Waals surface area contributed by atoms with Crippen molar-refractivity contribution >= 4 is 6.09 Å². The fourth-order valence-electron chi connectivity index (χ4n) is 1.36. The molecule has 0 heterocycles. The van der Waals surface area contributed by atoms with Crippen molar-refractivity contribution in [3.8, 4) is 0 Å². The first-order valence-electron chi connectivity index (χ1n) is 5.71. The Balaban J connectivity index is 2.59. The van der Waals surface area contributed by atoms with Crippen LogP contribution in [0.15, 0.2) is 30.3 Å². The molecule has 0 unspecified atom stereocenters. The minimum Gasteiger partial charge on any atom is -0.445 e. The highest BCUT2D eigenvalue weighted by molar-refractivity contribution is 5.67. The topological polar surface area (TPSA) is 58.6 Å². The van der Waals surface area contributed by atoms with Gasteiger partial charge in [0, 0.05) is 0 Å². The normalized spacial score (nSPS) is 13.6. The van der Waals surface area contributed by atoms with E-state index in [1.54, 1.807) is 30.3 Å². The Kier molecular flexibility index (Phi) is 5.47. The number of alkyl carbamates (subject to hydrolysis) is 1. The van der Waals surface area contributed by atoms with Gasteiger partial charge in [0.1, 0.15) is 12.6 Å². The van der Waals surface area contributed by atoms with Crippen LogP contribution >= 0.6 is 0 Å². The molecule has 0 saturated carbocycles. The zero-order valence-electron chi connectivity index (χ0n) is 10.5. The van der Waals surface area contributed by atoms with Gasteiger partial charge in [-0.15, -0.1) is 0 Å². The molecule has 118 valence electrons. The van der Waals surface area contributed by atoms with Crippen LogP contribution in [0, 0.1) is 0 Å². The average molecular weight is 313 g/mol. The summed E-state index contributed by atoms with van der Waals surface area (Å²) in [6, 6.07) is 5.27. The number of alkyl halides is 5. The van der Waals surface area contributed by atoms with E-state index < -0.39 is 30.8 Å². The smallest absolute Gasteiger partial charge is 0.445 e. The van der Waals surface area contributed by atoms with E-state index in [2.05, 4.69) is 4.74 Å². The first kappa shape index (κ1) is 17.2. The molecule has 2 N–H and O–H groups in total. The van der Waals surface area contributed by atoms with Gasteiger partial charge >= 0.3 is 18.2 Å². The van der Waals surface area contributed by atoms with Crippen LogP contribution in [-0.2, 0) is 11.3 Å². The maximum Gasteiger partial charge on any atom is 0.455 e. The zero-order valence-corrected chi connectivity index (χ0v) is 10.5. The summed E-state index contributed by atoms with van der Waals surface area (Å²) in [6.45, 7) is -1.89. The second kappa shape index (κ2) is 6.70. The third-order valence-electron chi connectivity index (χ3n) is 2.50. The molecule has 9 heteroatoms. The highest BCUT2D eigenvalue weighted by Crippen LogP contribution is 2.38. The van der Waals surface area contributed by atoms with Crippen LogP contribution in [0.2, 0.25) is 0 Å². The second-order valence-electron chi connectivity index (χ2n) is 4.06. The number of amides is 1. The molecule has 0 aliphatic rings. The first-order chi connectivity index (χ1) is 9.68. The molecule has 1 aromatic carbocycles. The molecule has 1 amide bonds. The Labute approximate surface area is 116 Å². The Morgan fingerprint density at radius 2 is 1.76 bits per heavy atom. The van der Waals surface area contributed by atoms with E-state index in [4.69, 9.17) is 5.11 Å². The number of ether oxygens (including phenoxy) is 1. The summed E-state index contributed by atoms with van der Waals surface area (Å²) in [4.78, 5) is 11.2. The average Bonchev–Trinajstić information content (AvgIpc) is 2.42. The quantitative estimate of drug-likeness (QED) is 0.821. The van der Waals surface area contributed by atoms with Crippen molar-refractivity contribution in [2.45, 2.75) is 24.7 Å². The van der Waals surface area contributed by atoms with Crippen molar-refractivity contribution in [3.63, 3.8) is 0 Å². The lowest BCUT2D eigenvalue weighted by Gasteiger charge is -2.27. The number of benzene rings is 1. The van der Waals surface area contributed by atoms with E-state index in [-0.39, 0.29) is 6.61 Å². The maximum absolute atomic E-state index is 13.0. The largest absolute Gasteiger partial charge is 0.455 e. The monoisotopic (exact) mass is 313 g/mol. The molecular formula is C12H12F5NO3. The summed E-state index contributed by atoms with van der Waals surface area (Å²) in [7, 11) is 0. The third kappa shape index (κ3) is 4.55. The summed E-state index contributed by atoms with van der Waals surface area (Å²) in [5, 5.41) is 9.91. The van der Waals surface area contributed by atoms with E-state index in [0.717, 1.165) is 0 Å². The second-order valence-corrected chi connectivity index (χ2v) is 4.06. The van der Waals surface area contributed by atoms with Gasteiger partial charge in [0.2, 0.25) is 0 Å². The van der Waals surface area contributed by atoms with Gasteiger partial charge in [-0.1, -0.05) is 30.3 Å². The number of hydrogen-bond acceptors (Lipinski definition) is 3. The van der Waals surface area contributed by atoms with Gasteiger partial charge in [0.15, 0.2) is 0 Å². The van der Waals surface area contributed by atoms with Gasteiger partial charge in [-0.3, -0.25) is 0 Å². The van der Waals surface area contributed by atoms with Crippen LogP contribution in [0.4, 0.5) is 26.7 Å². The summed E-state index contributed by atoms with van der Waals surface area (Å²) in [6.07, 6.45) is -7.38. The summed E-state index contributed by atoms with van der Waals surface area (Å²) >= 11 is 0. The molecule has 4 nitrogen and oxygen atoms in total. The van der Waals surface area contributed by atoms with Crippen molar-refractivity contribution < 1.29 is 36.6 Å². The SMILES string of the molecule is O=C(N[C@H](CO)C(F)(F)C(F)(F)F)OCc1ccccc1. The molecular weight excluding hydrogens is 301 g/mol. The maximum atomic E-state index is 13.0. The molecule has 0 aliphatic heterocycles. The number of aliphatic hydroxyl groups is 1. The molecule has 0 radical (unpaired) electrons. The van der Waals surface area contributed by atoms with Crippen molar-refractivity contribution in [3.05, 3.63) is 35.9 Å². The van der Waals surface area contributed by atoms with E-state index in [0.29, 0.717) is 5.56 Å². The lowest BCUT2D eigenvalue weighted by atomic mass is 10.1. The van der Waals surface area contributed by atoms with Crippen molar-refractivity contribution in [2.24, 2.45) is 0 Å². The van der Waals surface area contributed by atoms with Gasteiger partial charge in [0.25, 0.3) is 0 Å². The van der Waals surface area contributed by atoms with Gasteiger partial charge in [0.05, 0.1) is 6.61 Å². The van der Waals surface area contributed by atoms with E-state index in [1.165, 1.54) is 5.32 Å². The van der Waals surface area contributed by atoms with Crippen molar-refractivity contribution in [2.75, 3.05) is 6.61 Å². The lowest BCUT2D eigenvalue weighted by Crippen LogP contribution is -2.57. The van der Waals surface area contributed by atoms with Crippen LogP contribution < -0.4 is 5.32 Å². The summed E-state index contributed by atoms with van der Waals surface area (Å²) in [5.74, 6) is -5.27. The standard InChI is InChI=1S/C12H12F5NO3/c13-11(14,12(15,16)17)9(6-19)18-10(20)21-7-8-4-2-1-3-5-8/h1-5,9,19H,6-7H2,(H,18,20)/t9-/m1/s1. The first-order valence-corrected chi connectivity index (χ1v) is 5.71. The highest BCUT2D eigenvalue weighted by Gasteiger charge is 2.62. The summed E-state index contributed by atoms with van der Waals surface area (Å²) in [5.41, 5.74) is 0.524. The van der Waals surface area contributed by atoms with Gasteiger partial charge in [-0.25, -0.2) is 4.79 Å². The fraction of sp³-hybridized carbons (Fsp3) is 0.417. The number of halogens is 5. The Morgan fingerprint density at radius 1 is 1.19 bits per heavy atom. The number of hydrogen-bond donors (Lipinski definition) is 2. The Bertz CT molecular complexity index is 464. The molecule has 1 atom stereocenters. The molecule has 0 saturated heterocycles. The van der Waals surface area contributed by atoms with Crippen LogP contribution in [-0.4, -0.2) is 35.9 Å². The number of rotatable bonds is 5. The Morgan fingerprint density at radius 3 is 2.24 bits per heavy atom. The molecule has 0 bridgehead atoms. The number of aliphatic hydroxyl groups excluding tert-OH is 1. The van der Waals surface area contributed by atoms with Crippen LogP contribution in [0.1, 0.15) is 5.56 Å². The predicted molar refractivity (Wildman–Crippen MR) is 61.6 cm³/mol. The molecule has 0 fully saturated rings. The third-order valence-corrected chi connectivity index (χ3v) is 2.50. The molecule has 1 aromatic rings. The van der Waals surface area contributed by atoms with Gasteiger partial charge in [-0.05, 0) is 5.56 Å². The summed E-state index contributed by atoms with van der Waals surface area (Å²) < 4.78 is 66.8. The fourth-order valence-corrected chi connectivity index (χ4v) is 1.36. The highest BCUT2D eigenvalue weighted by atomic mass is 19.4. The predicted octanol–water partition coefficient (Wildman–Crippen LogP) is 2.47. The van der Waals surface area contributed by atoms with Crippen LogP contribution in [0.3, 0.4) is 0 Å². The minimum atomic E-state index is -5.90. The van der Waals surface area contributed by atoms with Gasteiger partial charge in [-0.2, -0.15) is 22.0 Å². The molecule has 0 aromatic heterocycles. The molecule has 0 spiro atoms. The molecule has 1 rings (SSSR count). The van der Waals surface area contributed by atoms with Crippen LogP contribution in [0.25, 0.3) is 0 Å². The van der Waals surface area contributed by atoms with E-state index in [9.17, 15) is 26.7 Å². The number of carbonyl (C=O) groups excluding carboxylic acids is 1. The molecule has 21 heavy (non-hydrogen) atoms. The van der Waals surface area contributed by atoms with E-state index >= 15 is 0 Å². The number of nitrogens with one attached hydrogen (secondary N) is 1. The minimum absolute atomic E-state index is 0.303. The Hall–Kier alpha value is -1.90.